The van der Waals surface area contributed by atoms with E-state index in [-0.39, 0.29) is 11.9 Å². The Morgan fingerprint density at radius 3 is 2.86 bits per heavy atom. The Balaban J connectivity index is 1.89. The molecule has 3 N–H and O–H groups in total. The molecule has 1 aliphatic heterocycles. The van der Waals surface area contributed by atoms with E-state index in [1.807, 2.05) is 35.2 Å². The van der Waals surface area contributed by atoms with Crippen LogP contribution in [0.2, 0.25) is 0 Å². The molecule has 5 nitrogen and oxygen atoms in total. The quantitative estimate of drug-likeness (QED) is 0.881. The molecule has 1 amide bonds. The van der Waals surface area contributed by atoms with Crippen LogP contribution in [0, 0.1) is 0 Å². The maximum absolute atomic E-state index is 12.8. The number of likely N-dealkylation sites (tertiary alicyclic amines) is 1. The molecule has 1 aromatic carbocycles. The average molecular weight is 363 g/mol. The number of nitrogens with zero attached hydrogens (tertiary/aromatic N) is 2. The van der Waals surface area contributed by atoms with Crippen LogP contribution in [0.15, 0.2) is 34.8 Å². The molecule has 1 fully saturated rings. The number of piperidine rings is 1. The largest absolute Gasteiger partial charge is 0.333 e. The number of nitrogens with two attached hydrogens (primary N) is 1. The summed E-state index contributed by atoms with van der Waals surface area (Å²) < 4.78 is 0.713. The van der Waals surface area contributed by atoms with Crippen LogP contribution in [0.5, 0.6) is 0 Å². The smallest absolute Gasteiger partial charge is 0.273 e. The molecule has 2 aromatic rings. The maximum atomic E-state index is 12.8. The minimum absolute atomic E-state index is 0.0308. The van der Waals surface area contributed by atoms with Crippen molar-refractivity contribution in [3.8, 4) is 11.3 Å². The number of hydrogen-bond acceptors (Lipinski definition) is 3. The summed E-state index contributed by atoms with van der Waals surface area (Å²) in [6, 6.07) is 9.92. The van der Waals surface area contributed by atoms with E-state index in [0.717, 1.165) is 37.1 Å². The molecule has 0 radical (unpaired) electrons. The Labute approximate surface area is 138 Å². The van der Waals surface area contributed by atoms with Gasteiger partial charge in [-0.05, 0) is 35.2 Å². The Morgan fingerprint density at radius 2 is 2.14 bits per heavy atom. The van der Waals surface area contributed by atoms with Gasteiger partial charge in [0.15, 0.2) is 0 Å². The van der Waals surface area contributed by atoms with Crippen molar-refractivity contribution in [2.45, 2.75) is 25.3 Å². The SMILES string of the molecule is NCC1CCCCN1C(=O)c1[nH]nc(-c2ccccc2)c1Br. The number of aromatic nitrogens is 2. The molecule has 1 aliphatic rings. The van der Waals surface area contributed by atoms with Crippen molar-refractivity contribution in [2.24, 2.45) is 5.73 Å². The molecule has 0 spiro atoms. The molecule has 0 aliphatic carbocycles. The molecule has 1 aromatic heterocycles. The Morgan fingerprint density at radius 1 is 1.36 bits per heavy atom. The highest BCUT2D eigenvalue weighted by Crippen LogP contribution is 2.30. The lowest BCUT2D eigenvalue weighted by Gasteiger charge is -2.34. The van der Waals surface area contributed by atoms with E-state index in [0.29, 0.717) is 16.7 Å². The van der Waals surface area contributed by atoms with Crippen molar-refractivity contribution in [3.05, 3.63) is 40.5 Å². The zero-order valence-corrected chi connectivity index (χ0v) is 13.8. The predicted molar refractivity (Wildman–Crippen MR) is 89.5 cm³/mol. The molecule has 3 rings (SSSR count). The van der Waals surface area contributed by atoms with Crippen molar-refractivity contribution in [1.29, 1.82) is 0 Å². The Kier molecular flexibility index (Phi) is 4.59. The monoisotopic (exact) mass is 362 g/mol. The zero-order chi connectivity index (χ0) is 15.5. The van der Waals surface area contributed by atoms with Crippen molar-refractivity contribution in [3.63, 3.8) is 0 Å². The van der Waals surface area contributed by atoms with E-state index < -0.39 is 0 Å². The second-order valence-electron chi connectivity index (χ2n) is 5.51. The second kappa shape index (κ2) is 6.62. The van der Waals surface area contributed by atoms with Gasteiger partial charge in [0.1, 0.15) is 11.4 Å². The molecular weight excluding hydrogens is 344 g/mol. The van der Waals surface area contributed by atoms with Crippen molar-refractivity contribution in [1.82, 2.24) is 15.1 Å². The molecule has 1 saturated heterocycles. The zero-order valence-electron chi connectivity index (χ0n) is 12.3. The van der Waals surface area contributed by atoms with Gasteiger partial charge < -0.3 is 10.6 Å². The maximum Gasteiger partial charge on any atom is 0.273 e. The van der Waals surface area contributed by atoms with Crippen LogP contribution in [-0.2, 0) is 0 Å². The van der Waals surface area contributed by atoms with Gasteiger partial charge in [0.2, 0.25) is 0 Å². The first-order valence-corrected chi connectivity index (χ1v) is 8.32. The number of rotatable bonds is 3. The number of aromatic amines is 1. The third-order valence-corrected chi connectivity index (χ3v) is 4.90. The average Bonchev–Trinajstić information content (AvgIpc) is 2.96. The summed E-state index contributed by atoms with van der Waals surface area (Å²) in [4.78, 5) is 14.7. The summed E-state index contributed by atoms with van der Waals surface area (Å²) in [7, 11) is 0. The summed E-state index contributed by atoms with van der Waals surface area (Å²) in [5, 5.41) is 7.19. The number of hydrogen-bond donors (Lipinski definition) is 2. The lowest BCUT2D eigenvalue weighted by Crippen LogP contribution is -2.47. The molecular formula is C16H19BrN4O. The minimum Gasteiger partial charge on any atom is -0.333 e. The van der Waals surface area contributed by atoms with Crippen LogP contribution >= 0.6 is 15.9 Å². The van der Waals surface area contributed by atoms with E-state index in [2.05, 4.69) is 26.1 Å². The molecule has 2 heterocycles. The number of H-pyrrole nitrogens is 1. The molecule has 22 heavy (non-hydrogen) atoms. The highest BCUT2D eigenvalue weighted by Gasteiger charge is 2.29. The summed E-state index contributed by atoms with van der Waals surface area (Å²) in [6.45, 7) is 1.26. The van der Waals surface area contributed by atoms with E-state index in [1.54, 1.807) is 0 Å². The summed E-state index contributed by atoms with van der Waals surface area (Å²) in [6.07, 6.45) is 3.13. The standard InChI is InChI=1S/C16H19BrN4O/c17-13-14(11-6-2-1-3-7-11)19-20-15(13)16(22)21-9-5-4-8-12(21)10-18/h1-3,6-7,12H,4-5,8-10,18H2,(H,19,20). The molecule has 1 atom stereocenters. The van der Waals surface area contributed by atoms with Crippen LogP contribution in [-0.4, -0.2) is 40.1 Å². The predicted octanol–water partition coefficient (Wildman–Crippen LogP) is 2.79. The topological polar surface area (TPSA) is 75.0 Å². The lowest BCUT2D eigenvalue weighted by molar-refractivity contribution is 0.0616. The molecule has 116 valence electrons. The number of amides is 1. The van der Waals surface area contributed by atoms with Gasteiger partial charge in [-0.25, -0.2) is 0 Å². The fourth-order valence-electron chi connectivity index (χ4n) is 2.91. The van der Waals surface area contributed by atoms with Crippen molar-refractivity contribution >= 4 is 21.8 Å². The molecule has 6 heteroatoms. The van der Waals surface area contributed by atoms with Gasteiger partial charge in [-0.3, -0.25) is 9.89 Å². The van der Waals surface area contributed by atoms with Gasteiger partial charge in [0.05, 0.1) is 4.47 Å². The van der Waals surface area contributed by atoms with Gasteiger partial charge in [0.25, 0.3) is 5.91 Å². The summed E-state index contributed by atoms with van der Waals surface area (Å²) in [5.41, 5.74) is 8.04. The lowest BCUT2D eigenvalue weighted by atomic mass is 10.0. The number of carbonyl (C=O) groups excluding carboxylic acids is 1. The van der Waals surface area contributed by atoms with E-state index in [4.69, 9.17) is 5.73 Å². The van der Waals surface area contributed by atoms with Crippen LogP contribution in [0.1, 0.15) is 29.8 Å². The first-order valence-electron chi connectivity index (χ1n) is 7.52. The minimum atomic E-state index is -0.0308. The van der Waals surface area contributed by atoms with Crippen LogP contribution in [0.4, 0.5) is 0 Å². The second-order valence-corrected chi connectivity index (χ2v) is 6.30. The van der Waals surface area contributed by atoms with E-state index in [9.17, 15) is 4.79 Å². The first kappa shape index (κ1) is 15.2. The summed E-state index contributed by atoms with van der Waals surface area (Å²) >= 11 is 3.52. The van der Waals surface area contributed by atoms with Crippen molar-refractivity contribution < 1.29 is 4.79 Å². The van der Waals surface area contributed by atoms with Crippen LogP contribution in [0.25, 0.3) is 11.3 Å². The van der Waals surface area contributed by atoms with Crippen LogP contribution < -0.4 is 5.73 Å². The fourth-order valence-corrected chi connectivity index (χ4v) is 3.49. The normalized spacial score (nSPS) is 18.5. The Hall–Kier alpha value is -1.66. The molecule has 0 bridgehead atoms. The Bertz CT molecular complexity index is 655. The number of benzene rings is 1. The van der Waals surface area contributed by atoms with Gasteiger partial charge in [-0.15, -0.1) is 0 Å². The first-order chi connectivity index (χ1) is 10.7. The van der Waals surface area contributed by atoms with Gasteiger partial charge in [-0.2, -0.15) is 5.10 Å². The van der Waals surface area contributed by atoms with Gasteiger partial charge in [0, 0.05) is 24.7 Å². The molecule has 0 saturated carbocycles. The van der Waals surface area contributed by atoms with E-state index >= 15 is 0 Å². The van der Waals surface area contributed by atoms with Crippen molar-refractivity contribution in [2.75, 3.05) is 13.1 Å². The number of carbonyl (C=O) groups is 1. The highest BCUT2D eigenvalue weighted by atomic mass is 79.9. The van der Waals surface area contributed by atoms with Gasteiger partial charge in [-0.1, -0.05) is 30.3 Å². The number of halogens is 1. The highest BCUT2D eigenvalue weighted by molar-refractivity contribution is 9.10. The summed E-state index contributed by atoms with van der Waals surface area (Å²) in [5.74, 6) is -0.0308. The fraction of sp³-hybridized carbons (Fsp3) is 0.375. The van der Waals surface area contributed by atoms with Gasteiger partial charge >= 0.3 is 0 Å². The van der Waals surface area contributed by atoms with E-state index in [1.165, 1.54) is 0 Å². The molecule has 1 unspecified atom stereocenters. The third kappa shape index (κ3) is 2.80. The van der Waals surface area contributed by atoms with Crippen LogP contribution in [0.3, 0.4) is 0 Å². The third-order valence-electron chi connectivity index (χ3n) is 4.13. The number of nitrogens with one attached hydrogen (secondary N) is 1.